The zero-order valence-electron chi connectivity index (χ0n) is 9.51. The van der Waals surface area contributed by atoms with Gasteiger partial charge >= 0.3 is 5.97 Å². The van der Waals surface area contributed by atoms with Crippen molar-refractivity contribution < 1.29 is 9.90 Å². The summed E-state index contributed by atoms with van der Waals surface area (Å²) in [5.74, 6) is 0.0653. The van der Waals surface area contributed by atoms with Crippen LogP contribution >= 0.6 is 11.8 Å². The van der Waals surface area contributed by atoms with E-state index in [9.17, 15) is 9.90 Å². The number of hydrogen-bond acceptors (Lipinski definition) is 3. The number of carboxylic acid groups (broad SMARTS) is 1. The highest BCUT2D eigenvalue weighted by atomic mass is 32.2. The first-order valence-electron chi connectivity index (χ1n) is 5.18. The van der Waals surface area contributed by atoms with Gasteiger partial charge in [0.1, 0.15) is 6.04 Å². The molecule has 3 nitrogen and oxygen atoms in total. The van der Waals surface area contributed by atoms with Crippen LogP contribution in [-0.4, -0.2) is 29.1 Å². The fraction of sp³-hybridized carbons (Fsp3) is 0.417. The first kappa shape index (κ1) is 13.1. The van der Waals surface area contributed by atoms with Crippen LogP contribution in [0.1, 0.15) is 18.5 Å². The Kier molecular flexibility index (Phi) is 5.35. The lowest BCUT2D eigenvalue weighted by Gasteiger charge is -2.19. The normalized spacial score (nSPS) is 14.4. The number of nitrogens with one attached hydrogen (secondary N) is 1. The molecule has 0 amide bonds. The lowest BCUT2D eigenvalue weighted by Crippen LogP contribution is -2.36. The standard InChI is InChI=1S/C12H17NO2S/c1-9(8-16-2)13-11(12(14)15)10-6-4-3-5-7-10/h3-7,9,11,13H,8H2,1-2H3,(H,14,15). The lowest BCUT2D eigenvalue weighted by molar-refractivity contribution is -0.139. The summed E-state index contributed by atoms with van der Waals surface area (Å²) < 4.78 is 0. The van der Waals surface area contributed by atoms with Gasteiger partial charge in [0.15, 0.2) is 0 Å². The summed E-state index contributed by atoms with van der Waals surface area (Å²) >= 11 is 1.70. The predicted molar refractivity (Wildman–Crippen MR) is 67.8 cm³/mol. The van der Waals surface area contributed by atoms with Crippen molar-refractivity contribution in [1.29, 1.82) is 0 Å². The molecule has 4 heteroatoms. The second kappa shape index (κ2) is 6.55. The number of hydrogen-bond donors (Lipinski definition) is 2. The Balaban J connectivity index is 2.73. The van der Waals surface area contributed by atoms with Gasteiger partial charge in [-0.25, -0.2) is 0 Å². The van der Waals surface area contributed by atoms with Crippen molar-refractivity contribution >= 4 is 17.7 Å². The molecule has 0 radical (unpaired) electrons. The Morgan fingerprint density at radius 1 is 1.44 bits per heavy atom. The largest absolute Gasteiger partial charge is 0.480 e. The predicted octanol–water partition coefficient (Wildman–Crippen LogP) is 2.15. The molecule has 0 aliphatic carbocycles. The smallest absolute Gasteiger partial charge is 0.325 e. The molecule has 0 aliphatic heterocycles. The van der Waals surface area contributed by atoms with Crippen LogP contribution in [0.25, 0.3) is 0 Å². The number of rotatable bonds is 6. The van der Waals surface area contributed by atoms with Crippen molar-refractivity contribution in [3.05, 3.63) is 35.9 Å². The molecule has 0 bridgehead atoms. The lowest BCUT2D eigenvalue weighted by atomic mass is 10.1. The van der Waals surface area contributed by atoms with Gasteiger partial charge in [0, 0.05) is 11.8 Å². The molecular weight excluding hydrogens is 222 g/mol. The minimum absolute atomic E-state index is 0.177. The van der Waals surface area contributed by atoms with E-state index in [4.69, 9.17) is 0 Å². The number of thioether (sulfide) groups is 1. The van der Waals surface area contributed by atoms with Crippen LogP contribution in [0.3, 0.4) is 0 Å². The van der Waals surface area contributed by atoms with E-state index in [0.29, 0.717) is 0 Å². The highest BCUT2D eigenvalue weighted by Gasteiger charge is 2.20. The fourth-order valence-electron chi connectivity index (χ4n) is 1.54. The molecule has 1 aromatic rings. The molecule has 2 N–H and O–H groups in total. The summed E-state index contributed by atoms with van der Waals surface area (Å²) in [6.45, 7) is 2.00. The summed E-state index contributed by atoms with van der Waals surface area (Å²) in [4.78, 5) is 11.2. The number of carbonyl (C=O) groups is 1. The van der Waals surface area contributed by atoms with E-state index < -0.39 is 12.0 Å². The zero-order chi connectivity index (χ0) is 12.0. The molecule has 16 heavy (non-hydrogen) atoms. The molecule has 0 fully saturated rings. The van der Waals surface area contributed by atoms with Gasteiger partial charge in [-0.15, -0.1) is 0 Å². The summed E-state index contributed by atoms with van der Waals surface area (Å²) in [5.41, 5.74) is 0.794. The summed E-state index contributed by atoms with van der Waals surface area (Å²) in [5, 5.41) is 12.3. The third kappa shape index (κ3) is 3.87. The molecule has 0 saturated heterocycles. The molecule has 2 atom stereocenters. The number of carboxylic acids is 1. The average Bonchev–Trinajstić information content (AvgIpc) is 2.27. The van der Waals surface area contributed by atoms with Crippen LogP contribution < -0.4 is 5.32 Å². The van der Waals surface area contributed by atoms with Crippen molar-refractivity contribution in [1.82, 2.24) is 5.32 Å². The molecule has 1 rings (SSSR count). The van der Waals surface area contributed by atoms with Crippen molar-refractivity contribution in [3.63, 3.8) is 0 Å². The van der Waals surface area contributed by atoms with Gasteiger partial charge in [-0.05, 0) is 18.7 Å². The van der Waals surface area contributed by atoms with E-state index in [0.717, 1.165) is 11.3 Å². The highest BCUT2D eigenvalue weighted by molar-refractivity contribution is 7.98. The molecule has 88 valence electrons. The Labute approximate surface area is 100 Å². The van der Waals surface area contributed by atoms with Gasteiger partial charge in [0.2, 0.25) is 0 Å². The van der Waals surface area contributed by atoms with Gasteiger partial charge in [-0.2, -0.15) is 11.8 Å². The monoisotopic (exact) mass is 239 g/mol. The minimum atomic E-state index is -0.834. The molecule has 0 aliphatic rings. The molecule has 2 unspecified atom stereocenters. The van der Waals surface area contributed by atoms with Crippen LogP contribution in [0.4, 0.5) is 0 Å². The molecule has 0 saturated carbocycles. The Hall–Kier alpha value is -1.00. The topological polar surface area (TPSA) is 49.3 Å². The van der Waals surface area contributed by atoms with E-state index in [-0.39, 0.29) is 6.04 Å². The van der Waals surface area contributed by atoms with E-state index in [2.05, 4.69) is 5.32 Å². The first-order valence-corrected chi connectivity index (χ1v) is 6.57. The number of aliphatic carboxylic acids is 1. The molecule has 0 heterocycles. The molecular formula is C12H17NO2S. The van der Waals surface area contributed by atoms with E-state index in [1.807, 2.05) is 43.5 Å². The maximum absolute atomic E-state index is 11.2. The molecule has 0 spiro atoms. The third-order valence-corrected chi connectivity index (χ3v) is 3.08. The van der Waals surface area contributed by atoms with Gasteiger partial charge in [0.25, 0.3) is 0 Å². The molecule has 1 aromatic carbocycles. The van der Waals surface area contributed by atoms with Crippen LogP contribution in [0.15, 0.2) is 30.3 Å². The van der Waals surface area contributed by atoms with Crippen molar-refractivity contribution in [3.8, 4) is 0 Å². The number of benzene rings is 1. The highest BCUT2D eigenvalue weighted by Crippen LogP contribution is 2.14. The SMILES string of the molecule is CSCC(C)NC(C(=O)O)c1ccccc1. The van der Waals surface area contributed by atoms with Crippen LogP contribution in [0.5, 0.6) is 0 Å². The summed E-state index contributed by atoms with van der Waals surface area (Å²) in [6.07, 6.45) is 2.01. The zero-order valence-corrected chi connectivity index (χ0v) is 10.3. The van der Waals surface area contributed by atoms with Crippen molar-refractivity contribution in [2.45, 2.75) is 19.0 Å². The summed E-state index contributed by atoms with van der Waals surface area (Å²) in [7, 11) is 0. The maximum atomic E-state index is 11.2. The minimum Gasteiger partial charge on any atom is -0.480 e. The van der Waals surface area contributed by atoms with Crippen LogP contribution in [-0.2, 0) is 4.79 Å². The second-order valence-corrected chi connectivity index (χ2v) is 4.62. The van der Waals surface area contributed by atoms with Gasteiger partial charge in [0.05, 0.1) is 0 Å². The van der Waals surface area contributed by atoms with E-state index in [1.165, 1.54) is 0 Å². The Morgan fingerprint density at radius 2 is 2.06 bits per heavy atom. The van der Waals surface area contributed by atoms with Gasteiger partial charge in [-0.1, -0.05) is 30.3 Å². The fourth-order valence-corrected chi connectivity index (χ4v) is 2.13. The van der Waals surface area contributed by atoms with Gasteiger partial charge < -0.3 is 5.11 Å². The average molecular weight is 239 g/mol. The van der Waals surface area contributed by atoms with Crippen LogP contribution in [0.2, 0.25) is 0 Å². The van der Waals surface area contributed by atoms with Crippen molar-refractivity contribution in [2.24, 2.45) is 0 Å². The van der Waals surface area contributed by atoms with E-state index >= 15 is 0 Å². The second-order valence-electron chi connectivity index (χ2n) is 3.70. The van der Waals surface area contributed by atoms with E-state index in [1.54, 1.807) is 11.8 Å². The molecule has 0 aromatic heterocycles. The Morgan fingerprint density at radius 3 is 2.56 bits per heavy atom. The maximum Gasteiger partial charge on any atom is 0.325 e. The quantitative estimate of drug-likeness (QED) is 0.798. The van der Waals surface area contributed by atoms with Gasteiger partial charge in [-0.3, -0.25) is 10.1 Å². The van der Waals surface area contributed by atoms with Crippen LogP contribution in [0, 0.1) is 0 Å². The first-order chi connectivity index (χ1) is 7.65. The summed E-state index contributed by atoms with van der Waals surface area (Å²) in [6, 6.07) is 8.81. The Bertz CT molecular complexity index is 329. The third-order valence-electron chi connectivity index (χ3n) is 2.25. The van der Waals surface area contributed by atoms with Crippen molar-refractivity contribution in [2.75, 3.05) is 12.0 Å².